The molecule has 0 aromatic heterocycles. The molecule has 1 aromatic rings. The van der Waals surface area contributed by atoms with Crippen molar-refractivity contribution in [1.29, 1.82) is 0 Å². The van der Waals surface area contributed by atoms with Gasteiger partial charge in [0.15, 0.2) is 6.10 Å². The number of piperazine rings is 1. The highest BCUT2D eigenvalue weighted by atomic mass is 16.5. The minimum atomic E-state index is -1.03. The highest BCUT2D eigenvalue weighted by Gasteiger charge is 2.37. The first-order valence-electron chi connectivity index (χ1n) is 8.60. The number of hydrogen-bond donors (Lipinski definition) is 1. The molecule has 1 N–H and O–H groups in total. The smallest absolute Gasteiger partial charge is 0.332 e. The molecule has 8 heteroatoms. The maximum atomic E-state index is 12.6. The number of ether oxygens (including phenoxy) is 2. The molecule has 0 saturated carbocycles. The summed E-state index contributed by atoms with van der Waals surface area (Å²) in [6, 6.07) is 6.97. The lowest BCUT2D eigenvalue weighted by atomic mass is 10.1. The summed E-state index contributed by atoms with van der Waals surface area (Å²) in [5, 5.41) is 8.96. The summed E-state index contributed by atoms with van der Waals surface area (Å²) in [6.45, 7) is 1.67. The number of benzene rings is 1. The third-order valence-corrected chi connectivity index (χ3v) is 4.77. The second-order valence-electron chi connectivity index (χ2n) is 6.38. The third kappa shape index (κ3) is 3.80. The summed E-state index contributed by atoms with van der Waals surface area (Å²) in [6.07, 6.45) is -0.838. The fraction of sp³-hybridized carbons (Fsp3) is 0.500. The molecule has 2 saturated heterocycles. The van der Waals surface area contributed by atoms with Crippen molar-refractivity contribution in [3.8, 4) is 5.75 Å². The second-order valence-corrected chi connectivity index (χ2v) is 6.38. The van der Waals surface area contributed by atoms with Crippen molar-refractivity contribution in [3.63, 3.8) is 0 Å². The maximum Gasteiger partial charge on any atom is 0.332 e. The number of amides is 2. The fourth-order valence-corrected chi connectivity index (χ4v) is 3.27. The lowest BCUT2D eigenvalue weighted by Gasteiger charge is -2.35. The number of rotatable bonds is 4. The summed E-state index contributed by atoms with van der Waals surface area (Å²) in [4.78, 5) is 39.4. The van der Waals surface area contributed by atoms with Crippen molar-refractivity contribution in [1.82, 2.24) is 9.80 Å². The van der Waals surface area contributed by atoms with Crippen LogP contribution in [0.1, 0.15) is 23.2 Å². The van der Waals surface area contributed by atoms with Crippen LogP contribution in [0.25, 0.3) is 0 Å². The SMILES string of the molecule is COc1cccc(C(=O)N2CCN(C(=O)[C@@H]3CC[C@H](C(=O)O)O3)CC2)c1. The molecule has 2 fully saturated rings. The molecule has 3 rings (SSSR count). The van der Waals surface area contributed by atoms with Gasteiger partial charge < -0.3 is 24.4 Å². The molecule has 1 aromatic carbocycles. The van der Waals surface area contributed by atoms with Gasteiger partial charge in [-0.1, -0.05) is 6.07 Å². The van der Waals surface area contributed by atoms with E-state index in [0.717, 1.165) is 0 Å². The predicted octanol–water partition coefficient (Wildman–Crippen LogP) is 0.612. The molecule has 2 atom stereocenters. The summed E-state index contributed by atoms with van der Waals surface area (Å²) in [5.41, 5.74) is 0.549. The number of hydrogen-bond acceptors (Lipinski definition) is 5. The topological polar surface area (TPSA) is 96.4 Å². The van der Waals surface area contributed by atoms with Crippen LogP contribution < -0.4 is 4.74 Å². The van der Waals surface area contributed by atoms with Crippen LogP contribution >= 0.6 is 0 Å². The van der Waals surface area contributed by atoms with E-state index in [2.05, 4.69) is 0 Å². The van der Waals surface area contributed by atoms with Gasteiger partial charge in [0.1, 0.15) is 11.9 Å². The molecule has 2 aliphatic heterocycles. The van der Waals surface area contributed by atoms with Gasteiger partial charge in [-0.05, 0) is 31.0 Å². The Bertz CT molecular complexity index is 699. The highest BCUT2D eigenvalue weighted by Crippen LogP contribution is 2.22. The Balaban J connectivity index is 1.54. The Morgan fingerprint density at radius 1 is 1.08 bits per heavy atom. The standard InChI is InChI=1S/C18H22N2O6/c1-25-13-4-2-3-12(11-13)16(21)19-7-9-20(10-8-19)17(22)14-5-6-15(26-14)18(23)24/h2-4,11,14-15H,5-10H2,1H3,(H,23,24)/t14-,15+/m0/s1. The Labute approximate surface area is 151 Å². The van der Waals surface area contributed by atoms with E-state index < -0.39 is 18.2 Å². The minimum Gasteiger partial charge on any atom is -0.497 e. The minimum absolute atomic E-state index is 0.0981. The van der Waals surface area contributed by atoms with Crippen molar-refractivity contribution >= 4 is 17.8 Å². The molecule has 140 valence electrons. The number of carbonyl (C=O) groups is 3. The summed E-state index contributed by atoms with van der Waals surface area (Å²) in [5.74, 6) is -0.702. The zero-order chi connectivity index (χ0) is 18.7. The number of carbonyl (C=O) groups excluding carboxylic acids is 2. The average Bonchev–Trinajstić information content (AvgIpc) is 3.17. The monoisotopic (exact) mass is 362 g/mol. The summed E-state index contributed by atoms with van der Waals surface area (Å²) < 4.78 is 10.5. The quantitative estimate of drug-likeness (QED) is 0.843. The molecule has 26 heavy (non-hydrogen) atoms. The van der Waals surface area contributed by atoms with Crippen LogP contribution in [0.5, 0.6) is 5.75 Å². The number of methoxy groups -OCH3 is 1. The molecule has 0 bridgehead atoms. The van der Waals surface area contributed by atoms with E-state index in [4.69, 9.17) is 14.6 Å². The molecule has 2 heterocycles. The zero-order valence-corrected chi connectivity index (χ0v) is 14.6. The Morgan fingerprint density at radius 2 is 1.73 bits per heavy atom. The summed E-state index contributed by atoms with van der Waals surface area (Å²) >= 11 is 0. The van der Waals surface area contributed by atoms with Crippen LogP contribution in [0.3, 0.4) is 0 Å². The van der Waals surface area contributed by atoms with Gasteiger partial charge in [-0.15, -0.1) is 0 Å². The number of nitrogens with zero attached hydrogens (tertiary/aromatic N) is 2. The van der Waals surface area contributed by atoms with Gasteiger partial charge in [0.2, 0.25) is 0 Å². The van der Waals surface area contributed by atoms with Crippen molar-refractivity contribution in [2.24, 2.45) is 0 Å². The third-order valence-electron chi connectivity index (χ3n) is 4.77. The van der Waals surface area contributed by atoms with Crippen LogP contribution in [-0.4, -0.2) is 78.2 Å². The van der Waals surface area contributed by atoms with E-state index in [-0.39, 0.29) is 11.8 Å². The molecule has 2 amide bonds. The van der Waals surface area contributed by atoms with E-state index in [0.29, 0.717) is 50.3 Å². The second kappa shape index (κ2) is 7.74. The van der Waals surface area contributed by atoms with Crippen LogP contribution in [0.4, 0.5) is 0 Å². The van der Waals surface area contributed by atoms with E-state index in [1.807, 2.05) is 0 Å². The number of carboxylic acids is 1. The Kier molecular flexibility index (Phi) is 5.41. The molecule has 0 radical (unpaired) electrons. The van der Waals surface area contributed by atoms with Crippen molar-refractivity contribution in [2.45, 2.75) is 25.0 Å². The highest BCUT2D eigenvalue weighted by molar-refractivity contribution is 5.95. The molecule has 0 spiro atoms. The summed E-state index contributed by atoms with van der Waals surface area (Å²) in [7, 11) is 1.55. The zero-order valence-electron chi connectivity index (χ0n) is 14.6. The molecular weight excluding hydrogens is 340 g/mol. The Hall–Kier alpha value is -2.61. The average molecular weight is 362 g/mol. The first-order chi connectivity index (χ1) is 12.5. The number of aliphatic carboxylic acids is 1. The first-order valence-corrected chi connectivity index (χ1v) is 8.60. The van der Waals surface area contributed by atoms with E-state index in [9.17, 15) is 14.4 Å². The molecule has 8 nitrogen and oxygen atoms in total. The fourth-order valence-electron chi connectivity index (χ4n) is 3.27. The molecule has 0 unspecified atom stereocenters. The first kappa shape index (κ1) is 18.2. The Morgan fingerprint density at radius 3 is 2.35 bits per heavy atom. The lowest BCUT2D eigenvalue weighted by Crippen LogP contribution is -2.53. The van der Waals surface area contributed by atoms with Gasteiger partial charge in [-0.3, -0.25) is 9.59 Å². The van der Waals surface area contributed by atoms with Crippen molar-refractivity contribution in [2.75, 3.05) is 33.3 Å². The van der Waals surface area contributed by atoms with Crippen molar-refractivity contribution < 1.29 is 29.0 Å². The number of carboxylic acid groups (broad SMARTS) is 1. The van der Waals surface area contributed by atoms with E-state index in [1.54, 1.807) is 41.2 Å². The van der Waals surface area contributed by atoms with Crippen molar-refractivity contribution in [3.05, 3.63) is 29.8 Å². The van der Waals surface area contributed by atoms with Gasteiger partial charge in [-0.2, -0.15) is 0 Å². The normalized spacial score (nSPS) is 23.0. The van der Waals surface area contributed by atoms with Gasteiger partial charge in [0.25, 0.3) is 11.8 Å². The van der Waals surface area contributed by atoms with Gasteiger partial charge >= 0.3 is 5.97 Å². The van der Waals surface area contributed by atoms with Crippen LogP contribution in [0, 0.1) is 0 Å². The maximum absolute atomic E-state index is 12.6. The van der Waals surface area contributed by atoms with Gasteiger partial charge in [0.05, 0.1) is 7.11 Å². The van der Waals surface area contributed by atoms with Gasteiger partial charge in [-0.25, -0.2) is 4.79 Å². The largest absolute Gasteiger partial charge is 0.497 e. The lowest BCUT2D eigenvalue weighted by molar-refractivity contribution is -0.155. The molecule has 0 aliphatic carbocycles. The van der Waals surface area contributed by atoms with Crippen LogP contribution in [0.15, 0.2) is 24.3 Å². The van der Waals surface area contributed by atoms with E-state index >= 15 is 0 Å². The van der Waals surface area contributed by atoms with Crippen LogP contribution in [-0.2, 0) is 14.3 Å². The van der Waals surface area contributed by atoms with E-state index in [1.165, 1.54) is 0 Å². The molecular formula is C18H22N2O6. The van der Waals surface area contributed by atoms with Crippen LogP contribution in [0.2, 0.25) is 0 Å². The molecule has 2 aliphatic rings. The van der Waals surface area contributed by atoms with Gasteiger partial charge in [0, 0.05) is 31.7 Å². The predicted molar refractivity (Wildman–Crippen MR) is 91.0 cm³/mol.